The molecule has 2 aromatic carbocycles. The van der Waals surface area contributed by atoms with Gasteiger partial charge < -0.3 is 15.2 Å². The summed E-state index contributed by atoms with van der Waals surface area (Å²) in [5, 5.41) is 14.6. The van der Waals surface area contributed by atoms with Crippen LogP contribution in [0.4, 0.5) is 5.69 Å². The monoisotopic (exact) mass is 520 g/mol. The van der Waals surface area contributed by atoms with Crippen molar-refractivity contribution >= 4 is 78.4 Å². The molecule has 0 aromatic heterocycles. The van der Waals surface area contributed by atoms with Crippen LogP contribution in [0.5, 0.6) is 5.75 Å². The third-order valence-corrected chi connectivity index (χ3v) is 4.63. The molecule has 1 amide bonds. The molecule has 0 saturated carbocycles. The average molecular weight is 523 g/mol. The second-order valence-corrected chi connectivity index (χ2v) is 7.49. The number of nitrogens with one attached hydrogen (secondary N) is 2. The van der Waals surface area contributed by atoms with Crippen molar-refractivity contribution in [3.05, 3.63) is 55.4 Å². The van der Waals surface area contributed by atoms with Gasteiger partial charge in [-0.2, -0.15) is 0 Å². The number of rotatable bonds is 4. The first-order valence-electron chi connectivity index (χ1n) is 6.91. The Labute approximate surface area is 176 Å². The van der Waals surface area contributed by atoms with E-state index in [-0.39, 0.29) is 26.9 Å². The quantitative estimate of drug-likeness (QED) is 0.505. The minimum atomic E-state index is -1.18. The van der Waals surface area contributed by atoms with E-state index in [9.17, 15) is 14.7 Å². The van der Waals surface area contributed by atoms with Crippen molar-refractivity contribution in [3.63, 3.8) is 0 Å². The molecule has 0 atom stereocenters. The first-order valence-corrected chi connectivity index (χ1v) is 9.28. The van der Waals surface area contributed by atoms with Gasteiger partial charge in [0.05, 0.1) is 28.4 Å². The van der Waals surface area contributed by atoms with E-state index in [2.05, 4.69) is 42.5 Å². The fourth-order valence-corrected chi connectivity index (χ4v) is 3.82. The van der Waals surface area contributed by atoms with E-state index < -0.39 is 11.9 Å². The maximum Gasteiger partial charge on any atom is 0.337 e. The van der Waals surface area contributed by atoms with Gasteiger partial charge in [0.25, 0.3) is 5.91 Å². The highest BCUT2D eigenvalue weighted by atomic mass is 79.9. The Bertz CT molecular complexity index is 908. The van der Waals surface area contributed by atoms with Crippen molar-refractivity contribution in [1.82, 2.24) is 5.32 Å². The molecule has 26 heavy (non-hydrogen) atoms. The molecule has 0 heterocycles. The summed E-state index contributed by atoms with van der Waals surface area (Å²) in [6, 6.07) is 7.56. The van der Waals surface area contributed by atoms with Crippen LogP contribution in [0.25, 0.3) is 0 Å². The Morgan fingerprint density at radius 2 is 1.88 bits per heavy atom. The number of hydrogen-bond donors (Lipinski definition) is 3. The molecule has 2 rings (SSSR count). The Hall–Kier alpha value is -1.68. The van der Waals surface area contributed by atoms with Gasteiger partial charge in [0.15, 0.2) is 5.11 Å². The Kier molecular flexibility index (Phi) is 6.99. The second kappa shape index (κ2) is 8.81. The minimum Gasteiger partial charge on any atom is -0.495 e. The van der Waals surface area contributed by atoms with E-state index >= 15 is 0 Å². The highest BCUT2D eigenvalue weighted by Crippen LogP contribution is 2.32. The van der Waals surface area contributed by atoms with Crippen LogP contribution < -0.4 is 15.4 Å². The molecule has 0 aliphatic rings. The van der Waals surface area contributed by atoms with Gasteiger partial charge in [0.2, 0.25) is 0 Å². The molecule has 0 aliphatic heterocycles. The molecule has 0 saturated heterocycles. The van der Waals surface area contributed by atoms with Crippen LogP contribution in [0.15, 0.2) is 39.3 Å². The van der Waals surface area contributed by atoms with Crippen LogP contribution in [0, 0.1) is 0 Å². The van der Waals surface area contributed by atoms with Gasteiger partial charge in [-0.15, -0.1) is 0 Å². The zero-order valence-corrected chi connectivity index (χ0v) is 17.8. The summed E-state index contributed by atoms with van der Waals surface area (Å²) in [6.07, 6.45) is 0. The molecule has 0 radical (unpaired) electrons. The lowest BCUT2D eigenvalue weighted by Crippen LogP contribution is -2.34. The van der Waals surface area contributed by atoms with Crippen LogP contribution in [-0.2, 0) is 0 Å². The molecular formula is C16H11Br2ClN2O4S. The predicted molar refractivity (Wildman–Crippen MR) is 110 cm³/mol. The van der Waals surface area contributed by atoms with E-state index in [1.807, 2.05) is 0 Å². The molecule has 0 spiro atoms. The van der Waals surface area contributed by atoms with Crippen LogP contribution in [0.1, 0.15) is 20.7 Å². The third kappa shape index (κ3) is 4.94. The molecule has 2 aromatic rings. The van der Waals surface area contributed by atoms with Crippen molar-refractivity contribution in [2.45, 2.75) is 0 Å². The number of carboxylic acid groups (broad SMARTS) is 1. The first-order chi connectivity index (χ1) is 12.2. The van der Waals surface area contributed by atoms with Gasteiger partial charge in [-0.3, -0.25) is 10.1 Å². The molecule has 3 N–H and O–H groups in total. The topological polar surface area (TPSA) is 87.7 Å². The van der Waals surface area contributed by atoms with E-state index in [0.29, 0.717) is 14.7 Å². The third-order valence-electron chi connectivity index (χ3n) is 3.14. The van der Waals surface area contributed by atoms with E-state index in [1.165, 1.54) is 25.3 Å². The fraction of sp³-hybridized carbons (Fsp3) is 0.0625. The molecule has 0 bridgehead atoms. The summed E-state index contributed by atoms with van der Waals surface area (Å²) in [6.45, 7) is 0. The molecular weight excluding hydrogens is 512 g/mol. The number of halogens is 3. The molecule has 10 heteroatoms. The maximum absolute atomic E-state index is 12.5. The summed E-state index contributed by atoms with van der Waals surface area (Å²) in [5.41, 5.74) is 0.374. The van der Waals surface area contributed by atoms with Crippen molar-refractivity contribution in [2.75, 3.05) is 12.4 Å². The summed E-state index contributed by atoms with van der Waals surface area (Å²) in [4.78, 5) is 23.8. The lowest BCUT2D eigenvalue weighted by Gasteiger charge is -2.14. The number of carboxylic acids is 1. The van der Waals surface area contributed by atoms with E-state index in [0.717, 1.165) is 0 Å². The molecule has 0 unspecified atom stereocenters. The smallest absolute Gasteiger partial charge is 0.337 e. The zero-order chi connectivity index (χ0) is 19.4. The van der Waals surface area contributed by atoms with Crippen LogP contribution in [-0.4, -0.2) is 29.2 Å². The molecule has 0 fully saturated rings. The van der Waals surface area contributed by atoms with Crippen LogP contribution in [0.2, 0.25) is 5.02 Å². The Balaban J connectivity index is 2.22. The summed E-state index contributed by atoms with van der Waals surface area (Å²) >= 11 is 17.5. The van der Waals surface area contributed by atoms with Crippen molar-refractivity contribution in [2.24, 2.45) is 0 Å². The highest BCUT2D eigenvalue weighted by Gasteiger charge is 2.18. The van der Waals surface area contributed by atoms with Gasteiger partial charge >= 0.3 is 5.97 Å². The van der Waals surface area contributed by atoms with Gasteiger partial charge in [-0.05, 0) is 58.5 Å². The first kappa shape index (κ1) is 20.6. The number of carbonyl (C=O) groups excluding carboxylic acids is 1. The largest absolute Gasteiger partial charge is 0.495 e. The number of benzene rings is 2. The number of aromatic carboxylic acids is 1. The van der Waals surface area contributed by atoms with Gasteiger partial charge in [-0.1, -0.05) is 27.5 Å². The number of anilines is 1. The van der Waals surface area contributed by atoms with Gasteiger partial charge in [-0.25, -0.2) is 4.79 Å². The number of hydrogen-bond acceptors (Lipinski definition) is 4. The van der Waals surface area contributed by atoms with Crippen molar-refractivity contribution < 1.29 is 19.4 Å². The molecule has 6 nitrogen and oxygen atoms in total. The van der Waals surface area contributed by atoms with E-state index in [4.69, 9.17) is 28.6 Å². The van der Waals surface area contributed by atoms with Crippen molar-refractivity contribution in [3.8, 4) is 5.75 Å². The zero-order valence-electron chi connectivity index (χ0n) is 13.1. The number of ether oxygens (including phenoxy) is 1. The normalized spacial score (nSPS) is 10.2. The Morgan fingerprint density at radius 1 is 1.19 bits per heavy atom. The predicted octanol–water partition coefficient (Wildman–Crippen LogP) is 4.70. The SMILES string of the molecule is COc1c(Br)cc(Br)cc1C(=O)NC(=S)Nc1ccc(Cl)cc1C(=O)O. The Morgan fingerprint density at radius 3 is 2.50 bits per heavy atom. The van der Waals surface area contributed by atoms with Crippen LogP contribution in [0.3, 0.4) is 0 Å². The number of amides is 1. The second-order valence-electron chi connectivity index (χ2n) is 4.87. The summed E-state index contributed by atoms with van der Waals surface area (Å²) in [7, 11) is 1.44. The summed E-state index contributed by atoms with van der Waals surface area (Å²) in [5.74, 6) is -1.36. The average Bonchev–Trinajstić information content (AvgIpc) is 2.55. The fourth-order valence-electron chi connectivity index (χ4n) is 2.06. The number of methoxy groups -OCH3 is 1. The number of carbonyl (C=O) groups is 2. The van der Waals surface area contributed by atoms with Crippen LogP contribution >= 0.6 is 55.7 Å². The van der Waals surface area contributed by atoms with E-state index in [1.54, 1.807) is 12.1 Å². The summed E-state index contributed by atoms with van der Waals surface area (Å²) < 4.78 is 6.49. The van der Waals surface area contributed by atoms with Gasteiger partial charge in [0.1, 0.15) is 5.75 Å². The maximum atomic E-state index is 12.5. The standard InChI is InChI=1S/C16H11Br2ClN2O4S/c1-25-13-10(4-7(17)5-11(13)18)14(22)21-16(26)20-12-3-2-8(19)6-9(12)15(23)24/h2-6H,1H3,(H,23,24)(H2,20,21,22,26). The highest BCUT2D eigenvalue weighted by molar-refractivity contribution is 9.11. The van der Waals surface area contributed by atoms with Crippen molar-refractivity contribution in [1.29, 1.82) is 0 Å². The molecule has 0 aliphatic carbocycles. The lowest BCUT2D eigenvalue weighted by atomic mass is 10.2. The minimum absolute atomic E-state index is 0.0713. The lowest BCUT2D eigenvalue weighted by molar-refractivity contribution is 0.0697. The van der Waals surface area contributed by atoms with Gasteiger partial charge in [0, 0.05) is 9.50 Å². The number of thiocarbonyl (C=S) groups is 1. The molecule has 136 valence electrons.